The zero-order valence-electron chi connectivity index (χ0n) is 15.2. The van der Waals surface area contributed by atoms with E-state index in [1.807, 2.05) is 48.5 Å². The van der Waals surface area contributed by atoms with Gasteiger partial charge < -0.3 is 14.3 Å². The van der Waals surface area contributed by atoms with Crippen LogP contribution in [0.2, 0.25) is 0 Å². The molecule has 0 bridgehead atoms. The van der Waals surface area contributed by atoms with Gasteiger partial charge in [-0.1, -0.05) is 36.0 Å². The smallest absolute Gasteiger partial charge is 0.277 e. The number of aliphatic hydroxyl groups excluding tert-OH is 1. The lowest BCUT2D eigenvalue weighted by Gasteiger charge is -2.03. The molecule has 1 N–H and O–H groups in total. The van der Waals surface area contributed by atoms with E-state index in [0.29, 0.717) is 22.2 Å². The maximum absolute atomic E-state index is 10.4. The third-order valence-corrected chi connectivity index (χ3v) is 5.87. The second-order valence-corrected chi connectivity index (χ2v) is 7.74. The molecule has 0 atom stereocenters. The first kappa shape index (κ1) is 19.0. The molecule has 29 heavy (non-hydrogen) atoms. The highest BCUT2D eigenvalue weighted by molar-refractivity contribution is 7.99. The van der Waals surface area contributed by atoms with Gasteiger partial charge in [0.25, 0.3) is 11.1 Å². The van der Waals surface area contributed by atoms with E-state index in [9.17, 15) is 10.4 Å². The number of methoxy groups -OCH3 is 1. The van der Waals surface area contributed by atoms with Gasteiger partial charge in [-0.05, 0) is 24.3 Å². The van der Waals surface area contributed by atoms with Crippen molar-refractivity contribution in [2.24, 2.45) is 0 Å². The molecule has 144 valence electrons. The van der Waals surface area contributed by atoms with Gasteiger partial charge in [-0.2, -0.15) is 5.26 Å². The Morgan fingerprint density at radius 2 is 2.00 bits per heavy atom. The number of thiazole rings is 1. The van der Waals surface area contributed by atoms with Crippen LogP contribution in [-0.4, -0.2) is 33.2 Å². The van der Waals surface area contributed by atoms with Crippen molar-refractivity contribution in [3.63, 3.8) is 0 Å². The van der Waals surface area contributed by atoms with Gasteiger partial charge in [-0.25, -0.2) is 4.98 Å². The lowest BCUT2D eigenvalue weighted by molar-refractivity contribution is 0.410. The molecule has 2 aromatic carbocycles. The molecule has 0 aliphatic heterocycles. The molecule has 9 heteroatoms. The quantitative estimate of drug-likeness (QED) is 0.265. The van der Waals surface area contributed by atoms with Crippen molar-refractivity contribution < 1.29 is 14.3 Å². The summed E-state index contributed by atoms with van der Waals surface area (Å²) in [6.45, 7) is 0. The monoisotopic (exact) mass is 422 g/mol. The van der Waals surface area contributed by atoms with E-state index in [2.05, 4.69) is 15.2 Å². The first-order valence-electron chi connectivity index (χ1n) is 8.47. The summed E-state index contributed by atoms with van der Waals surface area (Å²) in [4.78, 5) is 4.43. The van der Waals surface area contributed by atoms with Crippen LogP contribution in [0.5, 0.6) is 5.75 Å². The topological polar surface area (TPSA) is 105 Å². The van der Waals surface area contributed by atoms with Crippen LogP contribution in [0.15, 0.2) is 63.9 Å². The number of fused-ring (bicyclic) bond motifs is 1. The lowest BCUT2D eigenvalue weighted by Crippen LogP contribution is -1.92. The third kappa shape index (κ3) is 3.94. The maximum Gasteiger partial charge on any atom is 0.277 e. The largest absolute Gasteiger partial charge is 0.510 e. The van der Waals surface area contributed by atoms with Crippen molar-refractivity contribution in [3.8, 4) is 23.3 Å². The Balaban J connectivity index is 1.53. The minimum absolute atomic E-state index is 0.0893. The van der Waals surface area contributed by atoms with Crippen LogP contribution >= 0.6 is 23.1 Å². The fraction of sp³-hybridized carbons (Fsp3) is 0.100. The first-order chi connectivity index (χ1) is 14.2. The molecule has 4 rings (SSSR count). The molecular formula is C20H14N4O3S2. The molecule has 0 fully saturated rings. The van der Waals surface area contributed by atoms with Gasteiger partial charge in [0.2, 0.25) is 0 Å². The molecular weight excluding hydrogens is 408 g/mol. The van der Waals surface area contributed by atoms with Crippen molar-refractivity contribution in [1.82, 2.24) is 15.2 Å². The SMILES string of the molecule is COc1ccccc1-c1nnc(SC/C(O)=C(\C#N)c2nc3ccccc3s2)o1. The van der Waals surface area contributed by atoms with Crippen molar-refractivity contribution in [1.29, 1.82) is 5.26 Å². The molecule has 0 aliphatic rings. The second kappa shape index (κ2) is 8.34. The number of thioether (sulfide) groups is 1. The summed E-state index contributed by atoms with van der Waals surface area (Å²) in [5, 5.41) is 28.7. The summed E-state index contributed by atoms with van der Waals surface area (Å²) in [6, 6.07) is 16.9. The van der Waals surface area contributed by atoms with Crippen LogP contribution in [0.3, 0.4) is 0 Å². The van der Waals surface area contributed by atoms with Gasteiger partial charge in [0.15, 0.2) is 0 Å². The van der Waals surface area contributed by atoms with E-state index in [1.54, 1.807) is 13.2 Å². The van der Waals surface area contributed by atoms with Crippen LogP contribution in [0.4, 0.5) is 0 Å². The predicted octanol–water partition coefficient (Wildman–Crippen LogP) is 4.94. The van der Waals surface area contributed by atoms with E-state index >= 15 is 0 Å². The highest BCUT2D eigenvalue weighted by Crippen LogP contribution is 2.32. The molecule has 0 saturated carbocycles. The van der Waals surface area contributed by atoms with E-state index in [4.69, 9.17) is 9.15 Å². The van der Waals surface area contributed by atoms with E-state index in [1.165, 1.54) is 11.3 Å². The van der Waals surface area contributed by atoms with Crippen molar-refractivity contribution in [2.45, 2.75) is 5.22 Å². The number of aromatic nitrogens is 3. The van der Waals surface area contributed by atoms with E-state index in [-0.39, 0.29) is 22.3 Å². The Morgan fingerprint density at radius 1 is 1.21 bits per heavy atom. The average Bonchev–Trinajstić information content (AvgIpc) is 3.39. The number of allylic oxidation sites excluding steroid dienone is 1. The second-order valence-electron chi connectivity index (χ2n) is 5.78. The molecule has 0 unspecified atom stereocenters. The van der Waals surface area contributed by atoms with E-state index in [0.717, 1.165) is 22.0 Å². The Labute approximate surface area is 174 Å². The molecule has 0 saturated heterocycles. The van der Waals surface area contributed by atoms with Crippen LogP contribution in [-0.2, 0) is 0 Å². The number of rotatable bonds is 6. The predicted molar refractivity (Wildman–Crippen MR) is 112 cm³/mol. The van der Waals surface area contributed by atoms with Gasteiger partial charge in [0, 0.05) is 0 Å². The van der Waals surface area contributed by atoms with Crippen molar-refractivity contribution in [2.75, 3.05) is 12.9 Å². The van der Waals surface area contributed by atoms with Gasteiger partial charge in [-0.3, -0.25) is 0 Å². The average molecular weight is 422 g/mol. The summed E-state index contributed by atoms with van der Waals surface area (Å²) in [5.41, 5.74) is 1.61. The molecule has 0 spiro atoms. The summed E-state index contributed by atoms with van der Waals surface area (Å²) in [6.07, 6.45) is 0. The number of nitrogens with zero attached hydrogens (tertiary/aromatic N) is 4. The normalized spacial score (nSPS) is 11.9. The fourth-order valence-corrected chi connectivity index (χ4v) is 4.24. The molecule has 0 amide bonds. The number of ether oxygens (including phenoxy) is 1. The minimum Gasteiger partial charge on any atom is -0.510 e. The zero-order valence-corrected chi connectivity index (χ0v) is 16.8. The number of hydrogen-bond acceptors (Lipinski definition) is 9. The van der Waals surface area contributed by atoms with Gasteiger partial charge in [-0.15, -0.1) is 21.5 Å². The summed E-state index contributed by atoms with van der Waals surface area (Å²) in [5.74, 6) is 0.957. The van der Waals surface area contributed by atoms with Crippen molar-refractivity contribution in [3.05, 3.63) is 59.3 Å². The standard InChI is InChI=1S/C20H14N4O3S2/c1-26-16-8-4-2-6-12(16)18-23-24-20(27-18)28-11-15(25)13(10-21)19-22-14-7-3-5-9-17(14)29-19/h2-9,25H,11H2,1H3/b15-13-. The summed E-state index contributed by atoms with van der Waals surface area (Å²) in [7, 11) is 1.57. The molecule has 0 radical (unpaired) electrons. The summed E-state index contributed by atoms with van der Waals surface area (Å²) < 4.78 is 11.9. The number of aliphatic hydroxyl groups is 1. The Morgan fingerprint density at radius 3 is 2.79 bits per heavy atom. The summed E-state index contributed by atoms with van der Waals surface area (Å²) >= 11 is 2.50. The van der Waals surface area contributed by atoms with E-state index < -0.39 is 0 Å². The fourth-order valence-electron chi connectivity index (χ4n) is 2.62. The highest BCUT2D eigenvalue weighted by Gasteiger charge is 2.17. The molecule has 2 heterocycles. The van der Waals surface area contributed by atoms with Gasteiger partial charge in [0.05, 0.1) is 28.6 Å². The third-order valence-electron chi connectivity index (χ3n) is 3.98. The Kier molecular flexibility index (Phi) is 5.46. The Hall–Kier alpha value is -3.35. The van der Waals surface area contributed by atoms with Crippen LogP contribution in [0, 0.1) is 11.3 Å². The first-order valence-corrected chi connectivity index (χ1v) is 10.3. The highest BCUT2D eigenvalue weighted by atomic mass is 32.2. The van der Waals surface area contributed by atoms with Crippen molar-refractivity contribution >= 4 is 38.9 Å². The molecule has 7 nitrogen and oxygen atoms in total. The van der Waals surface area contributed by atoms with Crippen LogP contribution in [0.25, 0.3) is 27.2 Å². The molecule has 0 aliphatic carbocycles. The molecule has 4 aromatic rings. The van der Waals surface area contributed by atoms with Crippen LogP contribution < -0.4 is 4.74 Å². The van der Waals surface area contributed by atoms with Crippen LogP contribution in [0.1, 0.15) is 5.01 Å². The Bertz CT molecular complexity index is 1210. The lowest BCUT2D eigenvalue weighted by atomic mass is 10.2. The minimum atomic E-state index is -0.0893. The molecule has 2 aromatic heterocycles. The zero-order chi connectivity index (χ0) is 20.2. The number of hydrogen-bond donors (Lipinski definition) is 1. The number of para-hydroxylation sites is 2. The van der Waals surface area contributed by atoms with Gasteiger partial charge >= 0.3 is 0 Å². The maximum atomic E-state index is 10.4. The van der Waals surface area contributed by atoms with Gasteiger partial charge in [0.1, 0.15) is 28.2 Å². The number of benzene rings is 2. The number of nitriles is 1.